The molecular formula is C15H14ClFN2O2. The molecule has 1 saturated heterocycles. The largest absolute Gasteiger partial charge is 0.391 e. The zero-order valence-corrected chi connectivity index (χ0v) is 11.8. The molecule has 110 valence electrons. The van der Waals surface area contributed by atoms with E-state index in [2.05, 4.69) is 4.98 Å². The third-order valence-corrected chi connectivity index (χ3v) is 3.89. The maximum atomic E-state index is 13.0. The molecule has 0 spiro atoms. The van der Waals surface area contributed by atoms with Crippen molar-refractivity contribution >= 4 is 17.5 Å². The number of nitrogens with one attached hydrogen (secondary N) is 1. The third-order valence-electron chi connectivity index (χ3n) is 3.67. The number of nitrogens with zero attached hydrogens (tertiary/aromatic N) is 1. The highest BCUT2D eigenvalue weighted by Crippen LogP contribution is 2.33. The van der Waals surface area contributed by atoms with E-state index in [-0.39, 0.29) is 24.3 Å². The van der Waals surface area contributed by atoms with Gasteiger partial charge in [-0.05, 0) is 30.2 Å². The SMILES string of the molecule is O=C(c1cc(Cl)c[nH]1)N1C[C@@H](O)C[C@@H]1c1ccc(F)cc1. The lowest BCUT2D eigenvalue weighted by Gasteiger charge is -2.24. The highest BCUT2D eigenvalue weighted by molar-refractivity contribution is 6.30. The van der Waals surface area contributed by atoms with Crippen LogP contribution < -0.4 is 0 Å². The van der Waals surface area contributed by atoms with Gasteiger partial charge in [-0.15, -0.1) is 0 Å². The number of aliphatic hydroxyl groups excluding tert-OH is 1. The first kappa shape index (κ1) is 14.1. The van der Waals surface area contributed by atoms with Crippen molar-refractivity contribution in [3.05, 3.63) is 58.6 Å². The molecule has 2 N–H and O–H groups in total. The van der Waals surface area contributed by atoms with Crippen LogP contribution in [-0.2, 0) is 0 Å². The molecule has 0 aliphatic carbocycles. The lowest BCUT2D eigenvalue weighted by molar-refractivity contribution is 0.0710. The molecule has 1 aliphatic rings. The van der Waals surface area contributed by atoms with Gasteiger partial charge in [0.25, 0.3) is 5.91 Å². The number of amides is 1. The van der Waals surface area contributed by atoms with Gasteiger partial charge in [-0.1, -0.05) is 23.7 Å². The smallest absolute Gasteiger partial charge is 0.270 e. The van der Waals surface area contributed by atoms with Crippen molar-refractivity contribution in [2.75, 3.05) is 6.54 Å². The predicted octanol–water partition coefficient (Wildman–Crippen LogP) is 2.76. The van der Waals surface area contributed by atoms with E-state index in [1.54, 1.807) is 23.1 Å². The Hall–Kier alpha value is -1.85. The van der Waals surface area contributed by atoms with Crippen LogP contribution in [0.2, 0.25) is 5.02 Å². The number of carbonyl (C=O) groups excluding carboxylic acids is 1. The number of carbonyl (C=O) groups is 1. The molecule has 1 aromatic heterocycles. The highest BCUT2D eigenvalue weighted by Gasteiger charge is 2.36. The molecular weight excluding hydrogens is 295 g/mol. The summed E-state index contributed by atoms with van der Waals surface area (Å²) in [7, 11) is 0. The van der Waals surface area contributed by atoms with E-state index >= 15 is 0 Å². The van der Waals surface area contributed by atoms with Crippen LogP contribution in [0, 0.1) is 5.82 Å². The van der Waals surface area contributed by atoms with Gasteiger partial charge in [0.15, 0.2) is 0 Å². The van der Waals surface area contributed by atoms with E-state index in [9.17, 15) is 14.3 Å². The lowest BCUT2D eigenvalue weighted by Crippen LogP contribution is -2.32. The summed E-state index contributed by atoms with van der Waals surface area (Å²) in [4.78, 5) is 16.9. The van der Waals surface area contributed by atoms with Crippen LogP contribution in [-0.4, -0.2) is 33.5 Å². The molecule has 3 rings (SSSR count). The van der Waals surface area contributed by atoms with Gasteiger partial charge in [0.05, 0.1) is 17.2 Å². The third kappa shape index (κ3) is 2.80. The van der Waals surface area contributed by atoms with Crippen molar-refractivity contribution in [3.8, 4) is 0 Å². The second kappa shape index (κ2) is 5.50. The van der Waals surface area contributed by atoms with Crippen LogP contribution in [0.1, 0.15) is 28.5 Å². The number of hydrogen-bond donors (Lipinski definition) is 2. The molecule has 0 unspecified atom stereocenters. The summed E-state index contributed by atoms with van der Waals surface area (Å²) >= 11 is 5.82. The predicted molar refractivity (Wildman–Crippen MR) is 76.6 cm³/mol. The minimum Gasteiger partial charge on any atom is -0.391 e. The number of rotatable bonds is 2. The second-order valence-corrected chi connectivity index (χ2v) is 5.58. The van der Waals surface area contributed by atoms with Gasteiger partial charge < -0.3 is 15.0 Å². The standard InChI is InChI=1S/C15H14ClFN2O2/c16-10-5-13(18-7-10)15(21)19-8-12(20)6-14(19)9-1-3-11(17)4-2-9/h1-5,7,12,14,18,20H,6,8H2/t12-,14+/m0/s1. The lowest BCUT2D eigenvalue weighted by atomic mass is 10.0. The first-order chi connectivity index (χ1) is 10.0. The highest BCUT2D eigenvalue weighted by atomic mass is 35.5. The Kier molecular flexibility index (Phi) is 3.69. The monoisotopic (exact) mass is 308 g/mol. The topological polar surface area (TPSA) is 56.3 Å². The number of aliphatic hydroxyl groups is 1. The van der Waals surface area contributed by atoms with E-state index in [4.69, 9.17) is 11.6 Å². The van der Waals surface area contributed by atoms with Crippen molar-refractivity contribution in [3.63, 3.8) is 0 Å². The Morgan fingerprint density at radius 1 is 1.38 bits per heavy atom. The Morgan fingerprint density at radius 3 is 2.71 bits per heavy atom. The molecule has 0 bridgehead atoms. The molecule has 21 heavy (non-hydrogen) atoms. The Morgan fingerprint density at radius 2 is 2.10 bits per heavy atom. The molecule has 0 saturated carbocycles. The number of halogens is 2. The Labute approximate surface area is 126 Å². The summed E-state index contributed by atoms with van der Waals surface area (Å²) in [5.41, 5.74) is 1.18. The number of hydrogen-bond acceptors (Lipinski definition) is 2. The first-order valence-electron chi connectivity index (χ1n) is 6.63. The summed E-state index contributed by atoms with van der Waals surface area (Å²) in [5.74, 6) is -0.556. The fraction of sp³-hybridized carbons (Fsp3) is 0.267. The summed E-state index contributed by atoms with van der Waals surface area (Å²) < 4.78 is 13.0. The molecule has 1 fully saturated rings. The zero-order chi connectivity index (χ0) is 15.0. The van der Waals surface area contributed by atoms with Crippen LogP contribution in [0.25, 0.3) is 0 Å². The fourth-order valence-corrected chi connectivity index (χ4v) is 2.85. The van der Waals surface area contributed by atoms with E-state index in [1.165, 1.54) is 18.3 Å². The van der Waals surface area contributed by atoms with Gasteiger partial charge in [0.1, 0.15) is 11.5 Å². The van der Waals surface area contributed by atoms with E-state index < -0.39 is 6.10 Å². The first-order valence-corrected chi connectivity index (χ1v) is 7.01. The van der Waals surface area contributed by atoms with E-state index in [0.717, 1.165) is 5.56 Å². The van der Waals surface area contributed by atoms with Crippen LogP contribution >= 0.6 is 11.6 Å². The van der Waals surface area contributed by atoms with Gasteiger partial charge in [-0.3, -0.25) is 4.79 Å². The molecule has 2 heterocycles. The second-order valence-electron chi connectivity index (χ2n) is 5.15. The van der Waals surface area contributed by atoms with Gasteiger partial charge in [-0.2, -0.15) is 0 Å². The molecule has 4 nitrogen and oxygen atoms in total. The van der Waals surface area contributed by atoms with Gasteiger partial charge in [0, 0.05) is 12.7 Å². The normalized spacial score (nSPS) is 21.8. The maximum absolute atomic E-state index is 13.0. The summed E-state index contributed by atoms with van der Waals surface area (Å²) in [6.45, 7) is 0.248. The molecule has 6 heteroatoms. The minimum atomic E-state index is -0.588. The fourth-order valence-electron chi connectivity index (χ4n) is 2.69. The van der Waals surface area contributed by atoms with Crippen molar-refractivity contribution in [1.82, 2.24) is 9.88 Å². The molecule has 1 aromatic carbocycles. The number of aromatic nitrogens is 1. The minimum absolute atomic E-state index is 0.229. The van der Waals surface area contributed by atoms with Crippen molar-refractivity contribution < 1.29 is 14.3 Å². The number of β-amino-alcohol motifs (C(OH)–C–C–N with tert-alkyl or cyclic N) is 1. The Bertz CT molecular complexity index is 656. The van der Waals surface area contributed by atoms with Gasteiger partial charge in [0.2, 0.25) is 0 Å². The van der Waals surface area contributed by atoms with Crippen LogP contribution in [0.4, 0.5) is 4.39 Å². The van der Waals surface area contributed by atoms with Gasteiger partial charge >= 0.3 is 0 Å². The number of benzene rings is 1. The summed E-state index contributed by atoms with van der Waals surface area (Å²) in [6.07, 6.45) is 1.38. The molecule has 1 amide bonds. The van der Waals surface area contributed by atoms with Crippen molar-refractivity contribution in [1.29, 1.82) is 0 Å². The number of aromatic amines is 1. The number of H-pyrrole nitrogens is 1. The van der Waals surface area contributed by atoms with E-state index in [0.29, 0.717) is 17.1 Å². The van der Waals surface area contributed by atoms with Crippen molar-refractivity contribution in [2.24, 2.45) is 0 Å². The molecule has 1 aliphatic heterocycles. The number of likely N-dealkylation sites (tertiary alicyclic amines) is 1. The van der Waals surface area contributed by atoms with Crippen LogP contribution in [0.3, 0.4) is 0 Å². The van der Waals surface area contributed by atoms with E-state index in [1.807, 2.05) is 0 Å². The van der Waals surface area contributed by atoms with Crippen molar-refractivity contribution in [2.45, 2.75) is 18.6 Å². The quantitative estimate of drug-likeness (QED) is 0.896. The summed E-state index contributed by atoms with van der Waals surface area (Å²) in [5, 5.41) is 10.3. The molecule has 2 atom stereocenters. The maximum Gasteiger partial charge on any atom is 0.270 e. The van der Waals surface area contributed by atoms with Crippen LogP contribution in [0.5, 0.6) is 0 Å². The zero-order valence-electron chi connectivity index (χ0n) is 11.1. The molecule has 2 aromatic rings. The summed E-state index contributed by atoms with van der Waals surface area (Å²) in [6, 6.07) is 7.27. The average Bonchev–Trinajstić information content (AvgIpc) is 3.05. The Balaban J connectivity index is 1.88. The molecule has 0 radical (unpaired) electrons. The van der Waals surface area contributed by atoms with Gasteiger partial charge in [-0.25, -0.2) is 4.39 Å². The average molecular weight is 309 g/mol. The van der Waals surface area contributed by atoms with Crippen LogP contribution in [0.15, 0.2) is 36.5 Å².